The second-order valence-electron chi connectivity index (χ2n) is 4.49. The monoisotopic (exact) mass is 261 g/mol. The van der Waals surface area contributed by atoms with Crippen LogP contribution in [0, 0.1) is 0 Å². The van der Waals surface area contributed by atoms with Gasteiger partial charge in [0, 0.05) is 37.2 Å². The van der Waals surface area contributed by atoms with Crippen LogP contribution in [0.5, 0.6) is 0 Å². The van der Waals surface area contributed by atoms with Crippen LogP contribution in [-0.2, 0) is 6.42 Å². The lowest BCUT2D eigenvalue weighted by Gasteiger charge is -2.16. The molecule has 5 heteroatoms. The number of carbonyl (C=O) groups excluding carboxylic acids is 1. The summed E-state index contributed by atoms with van der Waals surface area (Å²) in [5.74, 6) is 0. The van der Waals surface area contributed by atoms with E-state index in [0.29, 0.717) is 13.1 Å². The van der Waals surface area contributed by atoms with Gasteiger partial charge in [-0.1, -0.05) is 18.2 Å². The number of carbonyl (C=O) groups is 1. The van der Waals surface area contributed by atoms with Gasteiger partial charge < -0.3 is 20.3 Å². The Hall–Kier alpha value is -2.01. The highest BCUT2D eigenvalue weighted by molar-refractivity contribution is 5.83. The molecule has 1 aromatic heterocycles. The van der Waals surface area contributed by atoms with Crippen molar-refractivity contribution in [3.05, 3.63) is 36.0 Å². The number of fused-ring (bicyclic) bond motifs is 1. The molecule has 0 unspecified atom stereocenters. The predicted molar refractivity (Wildman–Crippen MR) is 75.1 cm³/mol. The second-order valence-corrected chi connectivity index (χ2v) is 4.49. The van der Waals surface area contributed by atoms with Crippen molar-refractivity contribution in [3.8, 4) is 0 Å². The number of hydrogen-bond donors (Lipinski definition) is 3. The van der Waals surface area contributed by atoms with Gasteiger partial charge in [-0.05, 0) is 18.1 Å². The summed E-state index contributed by atoms with van der Waals surface area (Å²) in [7, 11) is 1.66. The summed E-state index contributed by atoms with van der Waals surface area (Å²) in [6.07, 6.45) is 2.76. The summed E-state index contributed by atoms with van der Waals surface area (Å²) < 4.78 is 0. The van der Waals surface area contributed by atoms with E-state index in [2.05, 4.69) is 16.4 Å². The van der Waals surface area contributed by atoms with Crippen LogP contribution in [0.1, 0.15) is 5.56 Å². The topological polar surface area (TPSA) is 68.4 Å². The van der Waals surface area contributed by atoms with E-state index in [1.165, 1.54) is 15.8 Å². The molecular weight excluding hydrogens is 242 g/mol. The van der Waals surface area contributed by atoms with Crippen LogP contribution in [0.3, 0.4) is 0 Å². The van der Waals surface area contributed by atoms with Crippen LogP contribution in [-0.4, -0.2) is 47.8 Å². The summed E-state index contributed by atoms with van der Waals surface area (Å²) in [5.41, 5.74) is 2.31. The van der Waals surface area contributed by atoms with Gasteiger partial charge in [-0.2, -0.15) is 0 Å². The van der Waals surface area contributed by atoms with Crippen molar-refractivity contribution in [2.75, 3.05) is 26.7 Å². The zero-order valence-electron chi connectivity index (χ0n) is 11.0. The molecule has 5 nitrogen and oxygen atoms in total. The molecule has 1 heterocycles. The van der Waals surface area contributed by atoms with Crippen molar-refractivity contribution in [2.45, 2.75) is 6.42 Å². The van der Waals surface area contributed by atoms with E-state index < -0.39 is 0 Å². The molecule has 3 N–H and O–H groups in total. The highest BCUT2D eigenvalue weighted by Gasteiger charge is 2.07. The van der Waals surface area contributed by atoms with Gasteiger partial charge in [0.15, 0.2) is 0 Å². The molecule has 0 atom stereocenters. The number of aromatic amines is 1. The molecule has 0 radical (unpaired) electrons. The van der Waals surface area contributed by atoms with Gasteiger partial charge >= 0.3 is 6.03 Å². The fourth-order valence-corrected chi connectivity index (χ4v) is 2.03. The molecule has 0 bridgehead atoms. The highest BCUT2D eigenvalue weighted by atomic mass is 16.3. The van der Waals surface area contributed by atoms with Crippen molar-refractivity contribution in [3.63, 3.8) is 0 Å². The van der Waals surface area contributed by atoms with Crippen LogP contribution in [0.25, 0.3) is 10.9 Å². The number of hydrogen-bond acceptors (Lipinski definition) is 2. The van der Waals surface area contributed by atoms with E-state index in [-0.39, 0.29) is 12.6 Å². The lowest BCUT2D eigenvalue weighted by molar-refractivity contribution is 0.190. The van der Waals surface area contributed by atoms with Crippen molar-refractivity contribution >= 4 is 16.9 Å². The number of para-hydroxylation sites is 1. The quantitative estimate of drug-likeness (QED) is 0.760. The van der Waals surface area contributed by atoms with Gasteiger partial charge in [-0.3, -0.25) is 0 Å². The maximum atomic E-state index is 11.6. The number of amides is 2. The molecule has 19 heavy (non-hydrogen) atoms. The Balaban J connectivity index is 1.87. The van der Waals surface area contributed by atoms with E-state index in [9.17, 15) is 4.79 Å². The third kappa shape index (κ3) is 3.26. The first kappa shape index (κ1) is 13.4. The van der Waals surface area contributed by atoms with Gasteiger partial charge in [-0.25, -0.2) is 4.79 Å². The van der Waals surface area contributed by atoms with E-state index in [4.69, 9.17) is 5.11 Å². The number of benzene rings is 1. The first-order chi connectivity index (χ1) is 9.22. The fourth-order valence-electron chi connectivity index (χ4n) is 2.03. The summed E-state index contributed by atoms with van der Waals surface area (Å²) in [5, 5.41) is 12.8. The molecule has 0 saturated heterocycles. The zero-order valence-corrected chi connectivity index (χ0v) is 11.0. The molecule has 0 fully saturated rings. The minimum atomic E-state index is -0.158. The minimum Gasteiger partial charge on any atom is -0.395 e. The lowest BCUT2D eigenvalue weighted by atomic mass is 10.1. The Morgan fingerprint density at radius 3 is 3.00 bits per heavy atom. The van der Waals surface area contributed by atoms with Crippen LogP contribution >= 0.6 is 0 Å². The van der Waals surface area contributed by atoms with Gasteiger partial charge in [0.1, 0.15) is 0 Å². The summed E-state index contributed by atoms with van der Waals surface area (Å²) in [6, 6.07) is 7.95. The van der Waals surface area contributed by atoms with E-state index >= 15 is 0 Å². The maximum Gasteiger partial charge on any atom is 0.317 e. The normalized spacial score (nSPS) is 10.6. The minimum absolute atomic E-state index is 0.0215. The SMILES string of the molecule is CN(CCO)C(=O)NCCc1c[nH]c2ccccc12. The summed E-state index contributed by atoms with van der Waals surface area (Å²) in [6.45, 7) is 0.905. The third-order valence-corrected chi connectivity index (χ3v) is 3.13. The van der Waals surface area contributed by atoms with E-state index in [1.807, 2.05) is 24.4 Å². The molecule has 2 aromatic rings. The van der Waals surface area contributed by atoms with Gasteiger partial charge in [-0.15, -0.1) is 0 Å². The molecule has 0 aliphatic carbocycles. The fraction of sp³-hybridized carbons (Fsp3) is 0.357. The third-order valence-electron chi connectivity index (χ3n) is 3.13. The molecule has 2 rings (SSSR count). The summed E-state index contributed by atoms with van der Waals surface area (Å²) in [4.78, 5) is 16.3. The molecule has 2 amide bonds. The average molecular weight is 261 g/mol. The second kappa shape index (κ2) is 6.24. The first-order valence-corrected chi connectivity index (χ1v) is 6.37. The molecule has 0 spiro atoms. The number of H-pyrrole nitrogens is 1. The average Bonchev–Trinajstić information content (AvgIpc) is 2.82. The number of aromatic nitrogens is 1. The largest absolute Gasteiger partial charge is 0.395 e. The predicted octanol–water partition coefficient (Wildman–Crippen LogP) is 1.34. The van der Waals surface area contributed by atoms with Crippen molar-refractivity contribution in [1.29, 1.82) is 0 Å². The number of nitrogens with zero attached hydrogens (tertiary/aromatic N) is 1. The zero-order chi connectivity index (χ0) is 13.7. The lowest BCUT2D eigenvalue weighted by Crippen LogP contribution is -2.39. The Morgan fingerprint density at radius 2 is 2.21 bits per heavy atom. The molecule has 1 aromatic carbocycles. The van der Waals surface area contributed by atoms with E-state index in [0.717, 1.165) is 11.9 Å². The van der Waals surface area contributed by atoms with Crippen LogP contribution in [0.2, 0.25) is 0 Å². The Labute approximate surface area is 112 Å². The van der Waals surface area contributed by atoms with E-state index in [1.54, 1.807) is 7.05 Å². The standard InChI is InChI=1S/C14H19N3O2/c1-17(8-9-18)14(19)15-7-6-11-10-16-13-5-3-2-4-12(11)13/h2-5,10,16,18H,6-9H2,1H3,(H,15,19). The van der Waals surface area contributed by atoms with Crippen LogP contribution < -0.4 is 5.32 Å². The Bertz CT molecular complexity index is 550. The number of urea groups is 1. The van der Waals surface area contributed by atoms with Gasteiger partial charge in [0.25, 0.3) is 0 Å². The molecule has 0 saturated carbocycles. The van der Waals surface area contributed by atoms with Crippen molar-refractivity contribution in [1.82, 2.24) is 15.2 Å². The van der Waals surface area contributed by atoms with Crippen molar-refractivity contribution in [2.24, 2.45) is 0 Å². The van der Waals surface area contributed by atoms with Crippen LogP contribution in [0.4, 0.5) is 4.79 Å². The molecule has 0 aliphatic heterocycles. The number of aliphatic hydroxyl groups is 1. The number of aliphatic hydroxyl groups excluding tert-OH is 1. The molecule has 102 valence electrons. The van der Waals surface area contributed by atoms with Gasteiger partial charge in [0.05, 0.1) is 6.61 Å². The van der Waals surface area contributed by atoms with Crippen LogP contribution in [0.15, 0.2) is 30.5 Å². The number of likely N-dealkylation sites (N-methyl/N-ethyl adjacent to an activating group) is 1. The maximum absolute atomic E-state index is 11.6. The molecule has 0 aliphatic rings. The number of nitrogens with one attached hydrogen (secondary N) is 2. The van der Waals surface area contributed by atoms with Crippen molar-refractivity contribution < 1.29 is 9.90 Å². The highest BCUT2D eigenvalue weighted by Crippen LogP contribution is 2.17. The number of rotatable bonds is 5. The summed E-state index contributed by atoms with van der Waals surface area (Å²) >= 11 is 0. The molecular formula is C14H19N3O2. The van der Waals surface area contributed by atoms with Gasteiger partial charge in [0.2, 0.25) is 0 Å². The Kier molecular flexibility index (Phi) is 4.41. The Morgan fingerprint density at radius 1 is 1.42 bits per heavy atom. The smallest absolute Gasteiger partial charge is 0.317 e. The first-order valence-electron chi connectivity index (χ1n) is 6.37.